The van der Waals surface area contributed by atoms with Crippen LogP contribution in [0.3, 0.4) is 0 Å². The number of rotatable bonds is 7. The molecule has 4 nitrogen and oxygen atoms in total. The number of hydrogen-bond acceptors (Lipinski definition) is 3. The van der Waals surface area contributed by atoms with Crippen LogP contribution in [0.1, 0.15) is 39.7 Å². The van der Waals surface area contributed by atoms with Gasteiger partial charge in [0.2, 0.25) is 5.91 Å². The van der Waals surface area contributed by atoms with Crippen LogP contribution < -0.4 is 5.32 Å². The van der Waals surface area contributed by atoms with E-state index in [1.807, 2.05) is 0 Å². The van der Waals surface area contributed by atoms with E-state index in [9.17, 15) is 4.79 Å². The Morgan fingerprint density at radius 2 is 2.05 bits per heavy atom. The zero-order valence-electron chi connectivity index (χ0n) is 13.4. The average Bonchev–Trinajstić information content (AvgIpc) is 2.43. The maximum absolute atomic E-state index is 12.0. The molecular formula is C17H25N3O. The fourth-order valence-corrected chi connectivity index (χ4v) is 2.16. The molecule has 1 aromatic rings. The topological polar surface area (TPSA) is 56.1 Å². The number of nitrogens with zero attached hydrogens (tertiary/aromatic N) is 2. The number of benzene rings is 1. The van der Waals surface area contributed by atoms with Crippen molar-refractivity contribution in [1.82, 2.24) is 4.90 Å². The number of amides is 1. The molecule has 0 fully saturated rings. The maximum Gasteiger partial charge on any atom is 0.225 e. The minimum atomic E-state index is -0.0144. The van der Waals surface area contributed by atoms with Gasteiger partial charge in [-0.25, -0.2) is 0 Å². The van der Waals surface area contributed by atoms with Gasteiger partial charge in [0.1, 0.15) is 0 Å². The third-order valence-corrected chi connectivity index (χ3v) is 3.23. The SMILES string of the molecule is CC(C)CN(CCC(=O)Nc1cccc(C#N)c1)C(C)C. The summed E-state index contributed by atoms with van der Waals surface area (Å²) in [6.45, 7) is 10.4. The van der Waals surface area contributed by atoms with E-state index in [1.165, 1.54) is 0 Å². The van der Waals surface area contributed by atoms with E-state index >= 15 is 0 Å². The lowest BCUT2D eigenvalue weighted by Gasteiger charge is -2.27. The largest absolute Gasteiger partial charge is 0.326 e. The van der Waals surface area contributed by atoms with E-state index in [1.54, 1.807) is 24.3 Å². The van der Waals surface area contributed by atoms with Crippen molar-refractivity contribution < 1.29 is 4.79 Å². The molecule has 0 saturated heterocycles. The van der Waals surface area contributed by atoms with Crippen molar-refractivity contribution in [3.8, 4) is 6.07 Å². The molecule has 0 aliphatic heterocycles. The Morgan fingerprint density at radius 3 is 2.62 bits per heavy atom. The van der Waals surface area contributed by atoms with Gasteiger partial charge in [-0.3, -0.25) is 4.79 Å². The van der Waals surface area contributed by atoms with Gasteiger partial charge in [0.15, 0.2) is 0 Å². The first kappa shape index (κ1) is 17.2. The van der Waals surface area contributed by atoms with Crippen molar-refractivity contribution in [1.29, 1.82) is 5.26 Å². The number of nitrogens with one attached hydrogen (secondary N) is 1. The lowest BCUT2D eigenvalue weighted by Crippen LogP contribution is -2.36. The highest BCUT2D eigenvalue weighted by Gasteiger charge is 2.13. The predicted molar refractivity (Wildman–Crippen MR) is 86.0 cm³/mol. The van der Waals surface area contributed by atoms with Gasteiger partial charge in [-0.15, -0.1) is 0 Å². The number of carbonyl (C=O) groups excluding carboxylic acids is 1. The number of nitriles is 1. The van der Waals surface area contributed by atoms with E-state index in [4.69, 9.17) is 5.26 Å². The van der Waals surface area contributed by atoms with E-state index in [2.05, 4.69) is 44.0 Å². The first-order valence-electron chi connectivity index (χ1n) is 7.46. The Morgan fingerprint density at radius 1 is 1.33 bits per heavy atom. The lowest BCUT2D eigenvalue weighted by molar-refractivity contribution is -0.116. The molecule has 0 spiro atoms. The van der Waals surface area contributed by atoms with Crippen LogP contribution in [0.15, 0.2) is 24.3 Å². The highest BCUT2D eigenvalue weighted by Crippen LogP contribution is 2.11. The summed E-state index contributed by atoms with van der Waals surface area (Å²) in [6.07, 6.45) is 0.460. The van der Waals surface area contributed by atoms with Crippen molar-refractivity contribution in [2.24, 2.45) is 5.92 Å². The molecule has 0 radical (unpaired) electrons. The number of carbonyl (C=O) groups is 1. The Kier molecular flexibility index (Phi) is 6.90. The van der Waals surface area contributed by atoms with Crippen LogP contribution in [0, 0.1) is 17.2 Å². The highest BCUT2D eigenvalue weighted by molar-refractivity contribution is 5.90. The Hall–Kier alpha value is -1.86. The summed E-state index contributed by atoms with van der Waals surface area (Å²) < 4.78 is 0. The highest BCUT2D eigenvalue weighted by atomic mass is 16.1. The van der Waals surface area contributed by atoms with Crippen molar-refractivity contribution in [2.45, 2.75) is 40.2 Å². The smallest absolute Gasteiger partial charge is 0.225 e. The zero-order valence-corrected chi connectivity index (χ0v) is 13.4. The van der Waals surface area contributed by atoms with Crippen LogP contribution in [-0.4, -0.2) is 29.9 Å². The summed E-state index contributed by atoms with van der Waals surface area (Å²) in [5, 5.41) is 11.7. The van der Waals surface area contributed by atoms with Gasteiger partial charge in [-0.2, -0.15) is 5.26 Å². The molecule has 1 amide bonds. The summed E-state index contributed by atoms with van der Waals surface area (Å²) in [7, 11) is 0. The lowest BCUT2D eigenvalue weighted by atomic mass is 10.1. The fraction of sp³-hybridized carbons (Fsp3) is 0.529. The molecule has 4 heteroatoms. The molecule has 1 aromatic carbocycles. The van der Waals surface area contributed by atoms with Gasteiger partial charge in [-0.1, -0.05) is 19.9 Å². The second-order valence-corrected chi connectivity index (χ2v) is 5.97. The van der Waals surface area contributed by atoms with Gasteiger partial charge < -0.3 is 10.2 Å². The molecule has 0 aliphatic carbocycles. The first-order chi connectivity index (χ1) is 9.92. The zero-order chi connectivity index (χ0) is 15.8. The van der Waals surface area contributed by atoms with Crippen LogP contribution in [0.4, 0.5) is 5.69 Å². The monoisotopic (exact) mass is 287 g/mol. The van der Waals surface area contributed by atoms with Crippen LogP contribution in [-0.2, 0) is 4.79 Å². The molecule has 0 heterocycles. The van der Waals surface area contributed by atoms with Crippen LogP contribution in [0.2, 0.25) is 0 Å². The van der Waals surface area contributed by atoms with Gasteiger partial charge in [-0.05, 0) is 38.0 Å². The van der Waals surface area contributed by atoms with Crippen molar-refractivity contribution in [3.63, 3.8) is 0 Å². The third-order valence-electron chi connectivity index (χ3n) is 3.23. The molecule has 1 N–H and O–H groups in total. The van der Waals surface area contributed by atoms with Crippen LogP contribution >= 0.6 is 0 Å². The van der Waals surface area contributed by atoms with Gasteiger partial charge in [0, 0.05) is 31.2 Å². The van der Waals surface area contributed by atoms with Gasteiger partial charge >= 0.3 is 0 Å². The Balaban J connectivity index is 2.51. The summed E-state index contributed by atoms with van der Waals surface area (Å²) in [5.74, 6) is 0.572. The molecule has 0 aliphatic rings. The van der Waals surface area contributed by atoms with Gasteiger partial charge in [0.25, 0.3) is 0 Å². The Bertz CT molecular complexity index is 503. The van der Waals surface area contributed by atoms with Crippen LogP contribution in [0.25, 0.3) is 0 Å². The van der Waals surface area contributed by atoms with Crippen molar-refractivity contribution in [2.75, 3.05) is 18.4 Å². The first-order valence-corrected chi connectivity index (χ1v) is 7.46. The standard InChI is InChI=1S/C17H25N3O/c1-13(2)12-20(14(3)4)9-8-17(21)19-16-7-5-6-15(10-16)11-18/h5-7,10,13-14H,8-9,12H2,1-4H3,(H,19,21). The van der Waals surface area contributed by atoms with E-state index in [-0.39, 0.29) is 5.91 Å². The summed E-state index contributed by atoms with van der Waals surface area (Å²) >= 11 is 0. The quantitative estimate of drug-likeness (QED) is 0.837. The fourth-order valence-electron chi connectivity index (χ4n) is 2.16. The summed E-state index contributed by atoms with van der Waals surface area (Å²) in [6, 6.07) is 9.48. The van der Waals surface area contributed by atoms with E-state index < -0.39 is 0 Å². The molecule has 0 unspecified atom stereocenters. The normalized spacial score (nSPS) is 11.0. The van der Waals surface area contributed by atoms with E-state index in [0.717, 1.165) is 13.1 Å². The molecular weight excluding hydrogens is 262 g/mol. The summed E-state index contributed by atoms with van der Waals surface area (Å²) in [4.78, 5) is 14.3. The second-order valence-electron chi connectivity index (χ2n) is 5.97. The molecule has 0 saturated carbocycles. The molecule has 21 heavy (non-hydrogen) atoms. The van der Waals surface area contributed by atoms with Crippen molar-refractivity contribution >= 4 is 11.6 Å². The second kappa shape index (κ2) is 8.43. The average molecular weight is 287 g/mol. The van der Waals surface area contributed by atoms with Crippen LogP contribution in [0.5, 0.6) is 0 Å². The molecule has 0 atom stereocenters. The number of anilines is 1. The minimum Gasteiger partial charge on any atom is -0.326 e. The van der Waals surface area contributed by atoms with Gasteiger partial charge in [0.05, 0.1) is 11.6 Å². The Labute approximate surface area is 127 Å². The molecule has 0 bridgehead atoms. The summed E-state index contributed by atoms with van der Waals surface area (Å²) in [5.41, 5.74) is 1.23. The third kappa shape index (κ3) is 6.42. The van der Waals surface area contributed by atoms with E-state index in [0.29, 0.717) is 29.6 Å². The maximum atomic E-state index is 12.0. The van der Waals surface area contributed by atoms with Crippen molar-refractivity contribution in [3.05, 3.63) is 29.8 Å². The number of hydrogen-bond donors (Lipinski definition) is 1. The minimum absolute atomic E-state index is 0.0144. The predicted octanol–water partition coefficient (Wildman–Crippen LogP) is 3.25. The molecule has 1 rings (SSSR count). The molecule has 114 valence electrons. The molecule has 0 aromatic heterocycles.